The van der Waals surface area contributed by atoms with E-state index in [-0.39, 0.29) is 16.4 Å². The van der Waals surface area contributed by atoms with E-state index in [4.69, 9.17) is 9.88 Å². The third-order valence-corrected chi connectivity index (χ3v) is 7.76. The molecule has 27 heavy (non-hydrogen) atoms. The van der Waals surface area contributed by atoms with Gasteiger partial charge in [0.25, 0.3) is 5.91 Å². The summed E-state index contributed by atoms with van der Waals surface area (Å²) in [6.07, 6.45) is 9.13. The molecule has 0 unspecified atom stereocenters. The molecule has 148 valence electrons. The molecule has 4 bridgehead atoms. The molecule has 1 aromatic carbocycles. The van der Waals surface area contributed by atoms with Gasteiger partial charge in [-0.2, -0.15) is 0 Å². The number of hydrogen-bond donors (Lipinski definition) is 2. The zero-order valence-corrected chi connectivity index (χ0v) is 16.6. The Kier molecular flexibility index (Phi) is 4.71. The Morgan fingerprint density at radius 2 is 1.78 bits per heavy atom. The predicted octanol–water partition coefficient (Wildman–Crippen LogP) is 2.68. The maximum Gasteiger partial charge on any atom is 0.255 e. The lowest BCUT2D eigenvalue weighted by Crippen LogP contribution is -2.47. The van der Waals surface area contributed by atoms with Crippen molar-refractivity contribution in [1.29, 1.82) is 0 Å². The Labute approximate surface area is 160 Å². The van der Waals surface area contributed by atoms with E-state index in [1.807, 2.05) is 0 Å². The second kappa shape index (κ2) is 6.78. The van der Waals surface area contributed by atoms with Gasteiger partial charge < -0.3 is 10.1 Å². The summed E-state index contributed by atoms with van der Waals surface area (Å²) in [5.41, 5.74) is 0.601. The lowest BCUT2D eigenvalue weighted by atomic mass is 9.49. The number of nitrogens with one attached hydrogen (secondary N) is 1. The Bertz CT molecular complexity index is 814. The van der Waals surface area contributed by atoms with Crippen LogP contribution in [0, 0.1) is 23.2 Å². The van der Waals surface area contributed by atoms with Gasteiger partial charge in [-0.25, -0.2) is 13.6 Å². The Morgan fingerprint density at radius 3 is 2.30 bits per heavy atom. The number of nitrogens with two attached hydrogens (primary N) is 1. The third kappa shape index (κ3) is 3.72. The van der Waals surface area contributed by atoms with Crippen LogP contribution >= 0.6 is 0 Å². The minimum absolute atomic E-state index is 0.0884. The SMILES string of the molecule is COc1ccc(S(N)(=O)=O)cc1C(=O)NCCC12CC3CC(CC(C3)C1)C2. The molecule has 4 aliphatic carbocycles. The molecule has 0 atom stereocenters. The molecule has 5 rings (SSSR count). The normalized spacial score (nSPS) is 31.7. The van der Waals surface area contributed by atoms with Crippen molar-refractivity contribution in [2.75, 3.05) is 13.7 Å². The fraction of sp³-hybridized carbons (Fsp3) is 0.650. The maximum absolute atomic E-state index is 12.7. The number of methoxy groups -OCH3 is 1. The molecule has 0 spiro atoms. The van der Waals surface area contributed by atoms with Crippen molar-refractivity contribution in [2.24, 2.45) is 28.3 Å². The van der Waals surface area contributed by atoms with Crippen molar-refractivity contribution in [2.45, 2.75) is 49.8 Å². The molecule has 0 aliphatic heterocycles. The van der Waals surface area contributed by atoms with Crippen LogP contribution in [0.3, 0.4) is 0 Å². The monoisotopic (exact) mass is 392 g/mol. The van der Waals surface area contributed by atoms with E-state index in [0.717, 1.165) is 24.2 Å². The van der Waals surface area contributed by atoms with Gasteiger partial charge in [0.05, 0.1) is 17.6 Å². The van der Waals surface area contributed by atoms with Crippen LogP contribution in [0.5, 0.6) is 5.75 Å². The first-order valence-electron chi connectivity index (χ1n) is 9.77. The van der Waals surface area contributed by atoms with Crippen molar-refractivity contribution in [1.82, 2.24) is 5.32 Å². The van der Waals surface area contributed by atoms with Gasteiger partial charge in [0.15, 0.2) is 0 Å². The number of carbonyl (C=O) groups excluding carboxylic acids is 1. The molecule has 0 aromatic heterocycles. The van der Waals surface area contributed by atoms with Crippen LogP contribution in [-0.2, 0) is 10.0 Å². The second-order valence-corrected chi connectivity index (χ2v) is 10.4. The summed E-state index contributed by atoms with van der Waals surface area (Å²) >= 11 is 0. The van der Waals surface area contributed by atoms with Crippen LogP contribution in [0.25, 0.3) is 0 Å². The van der Waals surface area contributed by atoms with Crippen LogP contribution in [-0.4, -0.2) is 28.0 Å². The fourth-order valence-corrected chi connectivity index (χ4v) is 6.71. The standard InChI is InChI=1S/C20H28N2O4S/c1-26-18-3-2-16(27(21,24)25)9-17(18)19(23)22-5-4-20-10-13-6-14(11-20)8-15(7-13)12-20/h2-3,9,13-15H,4-8,10-12H2,1H3,(H,22,23)(H2,21,24,25). The Hall–Kier alpha value is -1.60. The van der Waals surface area contributed by atoms with Gasteiger partial charge in [-0.3, -0.25) is 4.79 Å². The van der Waals surface area contributed by atoms with E-state index in [0.29, 0.717) is 17.7 Å². The number of sulfonamides is 1. The molecule has 6 nitrogen and oxygen atoms in total. The van der Waals surface area contributed by atoms with Crippen molar-refractivity contribution in [3.63, 3.8) is 0 Å². The fourth-order valence-electron chi connectivity index (χ4n) is 6.17. The van der Waals surface area contributed by atoms with E-state index in [9.17, 15) is 13.2 Å². The number of amides is 1. The van der Waals surface area contributed by atoms with E-state index < -0.39 is 10.0 Å². The summed E-state index contributed by atoms with van der Waals surface area (Å²) < 4.78 is 28.4. The first-order valence-corrected chi connectivity index (χ1v) is 11.3. The van der Waals surface area contributed by atoms with Gasteiger partial charge in [0, 0.05) is 6.54 Å². The second-order valence-electron chi connectivity index (χ2n) is 8.83. The molecule has 1 amide bonds. The summed E-state index contributed by atoms with van der Waals surface area (Å²) in [7, 11) is -2.41. The zero-order valence-electron chi connectivity index (χ0n) is 15.7. The molecular formula is C20H28N2O4S. The molecular weight excluding hydrogens is 364 g/mol. The van der Waals surface area contributed by atoms with Crippen LogP contribution < -0.4 is 15.2 Å². The lowest BCUT2D eigenvalue weighted by Gasteiger charge is -2.57. The van der Waals surface area contributed by atoms with Gasteiger partial charge in [-0.05, 0) is 86.3 Å². The number of ether oxygens (including phenoxy) is 1. The molecule has 4 saturated carbocycles. The average molecular weight is 393 g/mol. The first-order chi connectivity index (χ1) is 12.8. The van der Waals surface area contributed by atoms with Crippen LogP contribution in [0.4, 0.5) is 0 Å². The average Bonchev–Trinajstić information content (AvgIpc) is 2.59. The highest BCUT2D eigenvalue weighted by Gasteiger charge is 2.50. The highest BCUT2D eigenvalue weighted by molar-refractivity contribution is 7.89. The molecule has 0 heterocycles. The molecule has 1 aromatic rings. The number of carbonyl (C=O) groups is 1. The van der Waals surface area contributed by atoms with Crippen LogP contribution in [0.15, 0.2) is 23.1 Å². The minimum Gasteiger partial charge on any atom is -0.496 e. The number of benzene rings is 1. The molecule has 4 aliphatic rings. The summed E-state index contributed by atoms with van der Waals surface area (Å²) in [4.78, 5) is 12.6. The van der Waals surface area contributed by atoms with E-state index >= 15 is 0 Å². The Balaban J connectivity index is 1.43. The molecule has 3 N–H and O–H groups in total. The molecule has 0 radical (unpaired) electrons. The Morgan fingerprint density at radius 1 is 1.19 bits per heavy atom. The molecule has 0 saturated heterocycles. The topological polar surface area (TPSA) is 98.5 Å². The number of hydrogen-bond acceptors (Lipinski definition) is 4. The largest absolute Gasteiger partial charge is 0.496 e. The van der Waals surface area contributed by atoms with Crippen molar-refractivity contribution in [3.8, 4) is 5.75 Å². The van der Waals surface area contributed by atoms with E-state index in [1.165, 1.54) is 63.8 Å². The molecule has 7 heteroatoms. The van der Waals surface area contributed by atoms with Gasteiger partial charge in [0.1, 0.15) is 5.75 Å². The summed E-state index contributed by atoms with van der Waals surface area (Å²) in [5, 5.41) is 8.16. The van der Waals surface area contributed by atoms with Crippen molar-refractivity contribution < 1.29 is 17.9 Å². The molecule has 4 fully saturated rings. The minimum atomic E-state index is -3.87. The summed E-state index contributed by atoms with van der Waals surface area (Å²) in [6.45, 7) is 0.605. The number of primary sulfonamides is 1. The third-order valence-electron chi connectivity index (χ3n) is 6.85. The van der Waals surface area contributed by atoms with Crippen molar-refractivity contribution in [3.05, 3.63) is 23.8 Å². The van der Waals surface area contributed by atoms with Gasteiger partial charge in [-0.1, -0.05) is 0 Å². The van der Waals surface area contributed by atoms with Crippen LogP contribution in [0.2, 0.25) is 0 Å². The maximum atomic E-state index is 12.7. The highest BCUT2D eigenvalue weighted by atomic mass is 32.2. The highest BCUT2D eigenvalue weighted by Crippen LogP contribution is 2.61. The van der Waals surface area contributed by atoms with E-state index in [1.54, 1.807) is 0 Å². The first kappa shape index (κ1) is 18.7. The summed E-state index contributed by atoms with van der Waals surface area (Å²) in [6, 6.07) is 4.10. The summed E-state index contributed by atoms with van der Waals surface area (Å²) in [5.74, 6) is 2.69. The predicted molar refractivity (Wildman–Crippen MR) is 102 cm³/mol. The van der Waals surface area contributed by atoms with Gasteiger partial charge in [-0.15, -0.1) is 0 Å². The van der Waals surface area contributed by atoms with Gasteiger partial charge in [0.2, 0.25) is 10.0 Å². The van der Waals surface area contributed by atoms with Crippen molar-refractivity contribution >= 4 is 15.9 Å². The van der Waals surface area contributed by atoms with Gasteiger partial charge >= 0.3 is 0 Å². The smallest absolute Gasteiger partial charge is 0.255 e. The zero-order chi connectivity index (χ0) is 19.2. The van der Waals surface area contributed by atoms with Crippen LogP contribution in [0.1, 0.15) is 55.3 Å². The number of rotatable bonds is 6. The lowest BCUT2D eigenvalue weighted by molar-refractivity contribution is -0.0564. The van der Waals surface area contributed by atoms with E-state index in [2.05, 4.69) is 5.32 Å². The quantitative estimate of drug-likeness (QED) is 0.777.